The number of fused-ring (bicyclic) bond motifs is 3. The van der Waals surface area contributed by atoms with Crippen LogP contribution in [0.4, 0.5) is 0 Å². The number of para-hydroxylation sites is 1. The Morgan fingerprint density at radius 3 is 2.96 bits per heavy atom. The van der Waals surface area contributed by atoms with E-state index in [1.54, 1.807) is 0 Å². The van der Waals surface area contributed by atoms with E-state index in [1.807, 2.05) is 24.3 Å². The molecule has 1 saturated heterocycles. The molecule has 0 N–H and O–H groups in total. The molecule has 3 heterocycles. The first-order chi connectivity index (χ1) is 12.0. The summed E-state index contributed by atoms with van der Waals surface area (Å²) >= 11 is 1.19. The third-order valence-electron chi connectivity index (χ3n) is 3.94. The Labute approximate surface area is 147 Å². The molecular formula is C16H14N2O5S2. The van der Waals surface area contributed by atoms with Crippen LogP contribution in [-0.4, -0.2) is 47.7 Å². The number of benzene rings is 1. The Morgan fingerprint density at radius 1 is 1.32 bits per heavy atom. The second-order valence-corrected chi connectivity index (χ2v) is 8.95. The molecule has 0 bridgehead atoms. The SMILES string of the molecule is O=C(CSc1ncnc2c1oc1ccccc12)O[C@@H]1CCS(=O)(=O)C1. The van der Waals surface area contributed by atoms with Crippen LogP contribution >= 0.6 is 11.8 Å². The molecule has 0 unspecified atom stereocenters. The second-order valence-electron chi connectivity index (χ2n) is 5.76. The van der Waals surface area contributed by atoms with Gasteiger partial charge in [0.15, 0.2) is 15.4 Å². The highest BCUT2D eigenvalue weighted by Gasteiger charge is 2.30. The van der Waals surface area contributed by atoms with Crippen LogP contribution in [0.25, 0.3) is 22.1 Å². The topological polar surface area (TPSA) is 99.4 Å². The molecule has 1 fully saturated rings. The zero-order valence-electron chi connectivity index (χ0n) is 13.0. The average Bonchev–Trinajstić information content (AvgIpc) is 3.13. The maximum Gasteiger partial charge on any atom is 0.316 e. The van der Waals surface area contributed by atoms with Gasteiger partial charge in [-0.15, -0.1) is 0 Å². The molecular weight excluding hydrogens is 364 g/mol. The molecule has 25 heavy (non-hydrogen) atoms. The van der Waals surface area contributed by atoms with Gasteiger partial charge in [0.25, 0.3) is 0 Å². The van der Waals surface area contributed by atoms with Crippen LogP contribution in [0.1, 0.15) is 6.42 Å². The van der Waals surface area contributed by atoms with Gasteiger partial charge in [-0.05, 0) is 18.6 Å². The van der Waals surface area contributed by atoms with Crippen molar-refractivity contribution in [1.82, 2.24) is 9.97 Å². The van der Waals surface area contributed by atoms with Gasteiger partial charge in [-0.25, -0.2) is 18.4 Å². The molecule has 7 nitrogen and oxygen atoms in total. The fourth-order valence-electron chi connectivity index (χ4n) is 2.81. The van der Waals surface area contributed by atoms with E-state index < -0.39 is 21.9 Å². The largest absolute Gasteiger partial charge is 0.461 e. The molecule has 1 aliphatic heterocycles. The number of carbonyl (C=O) groups is 1. The molecule has 130 valence electrons. The Bertz CT molecular complexity index is 1060. The first kappa shape index (κ1) is 16.3. The van der Waals surface area contributed by atoms with E-state index in [2.05, 4.69) is 9.97 Å². The van der Waals surface area contributed by atoms with Crippen LogP contribution in [0.3, 0.4) is 0 Å². The number of furan rings is 1. The first-order valence-electron chi connectivity index (χ1n) is 7.67. The van der Waals surface area contributed by atoms with Crippen molar-refractivity contribution in [3.63, 3.8) is 0 Å². The van der Waals surface area contributed by atoms with Crippen LogP contribution in [0.5, 0.6) is 0 Å². The lowest BCUT2D eigenvalue weighted by Gasteiger charge is -2.09. The highest BCUT2D eigenvalue weighted by atomic mass is 32.2. The van der Waals surface area contributed by atoms with Crippen molar-refractivity contribution in [3.8, 4) is 0 Å². The summed E-state index contributed by atoms with van der Waals surface area (Å²) in [5.41, 5.74) is 1.94. The monoisotopic (exact) mass is 378 g/mol. The molecule has 1 aromatic carbocycles. The fourth-order valence-corrected chi connectivity index (χ4v) is 5.11. The van der Waals surface area contributed by atoms with Gasteiger partial charge in [0.05, 0.1) is 17.3 Å². The predicted molar refractivity (Wildman–Crippen MR) is 93.2 cm³/mol. The maximum atomic E-state index is 12.0. The molecule has 0 radical (unpaired) electrons. The zero-order valence-corrected chi connectivity index (χ0v) is 14.7. The van der Waals surface area contributed by atoms with E-state index in [0.717, 1.165) is 5.39 Å². The van der Waals surface area contributed by atoms with Crippen LogP contribution in [0.15, 0.2) is 40.0 Å². The zero-order chi connectivity index (χ0) is 17.4. The molecule has 1 atom stereocenters. The van der Waals surface area contributed by atoms with Crippen molar-refractivity contribution >= 4 is 49.6 Å². The summed E-state index contributed by atoms with van der Waals surface area (Å²) in [6.45, 7) is 0. The van der Waals surface area contributed by atoms with E-state index in [4.69, 9.17) is 9.15 Å². The molecule has 0 amide bonds. The van der Waals surface area contributed by atoms with Crippen molar-refractivity contribution in [2.24, 2.45) is 0 Å². The van der Waals surface area contributed by atoms with E-state index in [-0.39, 0.29) is 17.3 Å². The molecule has 4 rings (SSSR count). The van der Waals surface area contributed by atoms with Gasteiger partial charge in [0, 0.05) is 5.39 Å². The molecule has 3 aromatic rings. The third kappa shape index (κ3) is 3.34. The number of esters is 1. The highest BCUT2D eigenvalue weighted by molar-refractivity contribution is 8.00. The first-order valence-corrected chi connectivity index (χ1v) is 10.5. The molecule has 0 spiro atoms. The molecule has 9 heteroatoms. The van der Waals surface area contributed by atoms with Crippen molar-refractivity contribution in [1.29, 1.82) is 0 Å². The average molecular weight is 378 g/mol. The van der Waals surface area contributed by atoms with Gasteiger partial charge < -0.3 is 9.15 Å². The molecule has 0 aliphatic carbocycles. The van der Waals surface area contributed by atoms with Crippen molar-refractivity contribution in [2.45, 2.75) is 17.6 Å². The Morgan fingerprint density at radius 2 is 2.16 bits per heavy atom. The minimum absolute atomic E-state index is 0.0275. The predicted octanol–water partition coefficient (Wildman–Crippen LogP) is 2.20. The van der Waals surface area contributed by atoms with Crippen LogP contribution < -0.4 is 0 Å². The van der Waals surface area contributed by atoms with Crippen molar-refractivity contribution in [3.05, 3.63) is 30.6 Å². The Balaban J connectivity index is 1.48. The minimum atomic E-state index is -3.07. The second kappa shape index (κ2) is 6.30. The fraction of sp³-hybridized carbons (Fsp3) is 0.312. The van der Waals surface area contributed by atoms with Gasteiger partial charge in [0.1, 0.15) is 28.6 Å². The minimum Gasteiger partial charge on any atom is -0.461 e. The van der Waals surface area contributed by atoms with E-state index >= 15 is 0 Å². The number of thioether (sulfide) groups is 1. The van der Waals surface area contributed by atoms with Crippen LogP contribution in [0.2, 0.25) is 0 Å². The van der Waals surface area contributed by atoms with Crippen molar-refractivity contribution in [2.75, 3.05) is 17.3 Å². The summed E-state index contributed by atoms with van der Waals surface area (Å²) in [6, 6.07) is 7.54. The summed E-state index contributed by atoms with van der Waals surface area (Å²) < 4.78 is 33.8. The number of carbonyl (C=O) groups excluding carboxylic acids is 1. The van der Waals surface area contributed by atoms with Gasteiger partial charge in [-0.3, -0.25) is 4.79 Å². The Kier molecular flexibility index (Phi) is 4.12. The van der Waals surface area contributed by atoms with Crippen LogP contribution in [0, 0.1) is 0 Å². The van der Waals surface area contributed by atoms with E-state index in [1.165, 1.54) is 18.1 Å². The lowest BCUT2D eigenvalue weighted by atomic mass is 10.2. The molecule has 0 saturated carbocycles. The lowest BCUT2D eigenvalue weighted by molar-refractivity contribution is -0.144. The number of rotatable bonds is 4. The number of aromatic nitrogens is 2. The third-order valence-corrected chi connectivity index (χ3v) is 6.62. The standard InChI is InChI=1S/C16H14N2O5S2/c19-13(22-10-5-6-25(20,21)8-10)7-24-16-15-14(17-9-18-16)11-3-1-2-4-12(11)23-15/h1-4,9-10H,5-8H2/t10-/m1/s1. The normalized spacial score (nSPS) is 19.4. The van der Waals surface area contributed by atoms with Crippen molar-refractivity contribution < 1.29 is 22.4 Å². The maximum absolute atomic E-state index is 12.0. The number of nitrogens with zero attached hydrogens (tertiary/aromatic N) is 2. The Hall–Kier alpha value is -2.13. The lowest BCUT2D eigenvalue weighted by Crippen LogP contribution is -2.20. The molecule has 1 aliphatic rings. The smallest absolute Gasteiger partial charge is 0.316 e. The van der Waals surface area contributed by atoms with Crippen LogP contribution in [-0.2, 0) is 19.4 Å². The van der Waals surface area contributed by atoms with E-state index in [0.29, 0.717) is 28.1 Å². The van der Waals surface area contributed by atoms with Gasteiger partial charge in [-0.2, -0.15) is 0 Å². The summed E-state index contributed by atoms with van der Waals surface area (Å²) in [4.78, 5) is 20.4. The molecule has 2 aromatic heterocycles. The highest BCUT2D eigenvalue weighted by Crippen LogP contribution is 2.32. The van der Waals surface area contributed by atoms with Gasteiger partial charge >= 0.3 is 5.97 Å². The number of hydrogen-bond donors (Lipinski definition) is 0. The number of ether oxygens (including phenoxy) is 1. The quantitative estimate of drug-likeness (QED) is 0.387. The number of hydrogen-bond acceptors (Lipinski definition) is 8. The number of sulfone groups is 1. The summed E-state index contributed by atoms with van der Waals surface area (Å²) in [6.07, 6.45) is 1.25. The summed E-state index contributed by atoms with van der Waals surface area (Å²) in [5.74, 6) is -0.455. The van der Waals surface area contributed by atoms with Gasteiger partial charge in [-0.1, -0.05) is 23.9 Å². The van der Waals surface area contributed by atoms with Gasteiger partial charge in [0.2, 0.25) is 0 Å². The summed E-state index contributed by atoms with van der Waals surface area (Å²) in [5, 5.41) is 1.44. The van der Waals surface area contributed by atoms with E-state index in [9.17, 15) is 13.2 Å². The summed E-state index contributed by atoms with van der Waals surface area (Å²) in [7, 11) is -3.07.